The van der Waals surface area contributed by atoms with Crippen LogP contribution in [0.25, 0.3) is 0 Å². The number of carbonyl (C=O) groups excluding carboxylic acids is 2. The molecule has 1 unspecified atom stereocenters. The monoisotopic (exact) mass is 286 g/mol. The molecule has 1 aliphatic heterocycles. The molecule has 3 N–H and O–H groups in total. The molecule has 2 amide bonds. The molecule has 7 heteroatoms. The molecule has 19 heavy (non-hydrogen) atoms. The van der Waals surface area contributed by atoms with Crippen LogP contribution in [0.15, 0.2) is 11.3 Å². The fraction of sp³-hybridized carbons (Fsp3) is 0.667. The molecule has 1 atom stereocenters. The summed E-state index contributed by atoms with van der Waals surface area (Å²) in [7, 11) is 0. The zero-order valence-electron chi connectivity index (χ0n) is 10.8. The van der Waals surface area contributed by atoms with E-state index in [4.69, 9.17) is 5.21 Å². The third kappa shape index (κ3) is 2.87. The minimum absolute atomic E-state index is 0.0330. The van der Waals surface area contributed by atoms with E-state index in [-0.39, 0.29) is 24.8 Å². The molecule has 0 radical (unpaired) electrons. The van der Waals surface area contributed by atoms with Gasteiger partial charge in [-0.05, 0) is 25.0 Å². The largest absolute Gasteiger partial charge is 0.503 e. The molecular weight excluding hydrogens is 268 g/mol. The lowest BCUT2D eigenvalue weighted by atomic mass is 10.1. The van der Waals surface area contributed by atoms with Gasteiger partial charge in [-0.2, -0.15) is 11.8 Å². The third-order valence-corrected chi connectivity index (χ3v) is 4.13. The first-order chi connectivity index (χ1) is 9.10. The quantitative estimate of drug-likeness (QED) is 0.493. The summed E-state index contributed by atoms with van der Waals surface area (Å²) in [6.45, 7) is 0.217. The highest BCUT2D eigenvalue weighted by atomic mass is 32.2. The summed E-state index contributed by atoms with van der Waals surface area (Å²) < 4.78 is 0. The van der Waals surface area contributed by atoms with Gasteiger partial charge in [0.15, 0.2) is 5.76 Å². The Hall–Kier alpha value is -1.21. The van der Waals surface area contributed by atoms with Crippen LogP contribution in [0.3, 0.4) is 0 Å². The van der Waals surface area contributed by atoms with Crippen molar-refractivity contribution in [3.05, 3.63) is 11.3 Å². The van der Waals surface area contributed by atoms with Gasteiger partial charge in [-0.15, -0.1) is 0 Å². The Balaban J connectivity index is 2.10. The number of nitrogens with zero attached hydrogens (tertiary/aromatic N) is 1. The Labute approximate surface area is 115 Å². The van der Waals surface area contributed by atoms with E-state index in [0.717, 1.165) is 18.4 Å². The average molecular weight is 286 g/mol. The SMILES string of the molecule is CSCC1=C(O)C(=O)N(CCC(=O)NO)C1C1CC1. The molecule has 0 aromatic carbocycles. The van der Waals surface area contributed by atoms with Gasteiger partial charge in [0, 0.05) is 24.3 Å². The van der Waals surface area contributed by atoms with E-state index in [1.54, 1.807) is 22.1 Å². The Morgan fingerprint density at radius 2 is 2.21 bits per heavy atom. The average Bonchev–Trinajstić information content (AvgIpc) is 3.20. The summed E-state index contributed by atoms with van der Waals surface area (Å²) in [5.41, 5.74) is 2.34. The Bertz CT molecular complexity index is 420. The van der Waals surface area contributed by atoms with E-state index >= 15 is 0 Å². The number of rotatable bonds is 6. The maximum Gasteiger partial charge on any atom is 0.289 e. The van der Waals surface area contributed by atoms with Crippen molar-refractivity contribution in [1.82, 2.24) is 10.4 Å². The molecule has 0 aromatic rings. The van der Waals surface area contributed by atoms with Gasteiger partial charge < -0.3 is 10.0 Å². The van der Waals surface area contributed by atoms with Crippen LogP contribution >= 0.6 is 11.8 Å². The van der Waals surface area contributed by atoms with Crippen LogP contribution in [0.4, 0.5) is 0 Å². The first-order valence-corrected chi connectivity index (χ1v) is 7.64. The second-order valence-corrected chi connectivity index (χ2v) is 5.74. The summed E-state index contributed by atoms with van der Waals surface area (Å²) in [5.74, 6) is -0.0584. The van der Waals surface area contributed by atoms with Crippen LogP contribution in [0.1, 0.15) is 19.3 Å². The highest BCUT2D eigenvalue weighted by Gasteiger charge is 2.46. The van der Waals surface area contributed by atoms with Crippen molar-refractivity contribution in [3.8, 4) is 0 Å². The molecule has 2 aliphatic rings. The van der Waals surface area contributed by atoms with Gasteiger partial charge in [-0.1, -0.05) is 0 Å². The third-order valence-electron chi connectivity index (χ3n) is 3.53. The molecule has 0 aromatic heterocycles. The van der Waals surface area contributed by atoms with Gasteiger partial charge in [0.05, 0.1) is 6.04 Å². The number of hydrogen-bond acceptors (Lipinski definition) is 5. The van der Waals surface area contributed by atoms with E-state index in [2.05, 4.69) is 0 Å². The fourth-order valence-electron chi connectivity index (χ4n) is 2.51. The number of aliphatic hydroxyl groups excluding tert-OH is 1. The second-order valence-electron chi connectivity index (χ2n) is 4.87. The number of hydrogen-bond donors (Lipinski definition) is 3. The Kier molecular flexibility index (Phi) is 4.36. The number of thioether (sulfide) groups is 1. The van der Waals surface area contributed by atoms with Crippen molar-refractivity contribution in [2.24, 2.45) is 5.92 Å². The van der Waals surface area contributed by atoms with Gasteiger partial charge in [0.1, 0.15) is 0 Å². The van der Waals surface area contributed by atoms with Crippen LogP contribution in [0.2, 0.25) is 0 Å². The highest BCUT2D eigenvalue weighted by molar-refractivity contribution is 7.98. The van der Waals surface area contributed by atoms with Gasteiger partial charge >= 0.3 is 0 Å². The van der Waals surface area contributed by atoms with E-state index in [1.807, 2.05) is 6.26 Å². The second kappa shape index (κ2) is 5.83. The number of carbonyl (C=O) groups is 2. The van der Waals surface area contributed by atoms with Crippen LogP contribution in [-0.4, -0.2) is 51.6 Å². The zero-order valence-corrected chi connectivity index (χ0v) is 11.6. The fourth-order valence-corrected chi connectivity index (χ4v) is 3.13. The van der Waals surface area contributed by atoms with E-state index in [1.165, 1.54) is 0 Å². The maximum atomic E-state index is 12.0. The molecule has 1 saturated carbocycles. The maximum absolute atomic E-state index is 12.0. The highest BCUT2D eigenvalue weighted by Crippen LogP contribution is 2.43. The minimum Gasteiger partial charge on any atom is -0.503 e. The summed E-state index contributed by atoms with van der Waals surface area (Å²) in [5, 5.41) is 18.4. The van der Waals surface area contributed by atoms with E-state index in [9.17, 15) is 14.7 Å². The van der Waals surface area contributed by atoms with Crippen LogP contribution in [-0.2, 0) is 9.59 Å². The van der Waals surface area contributed by atoms with Gasteiger partial charge in [-0.3, -0.25) is 14.8 Å². The van der Waals surface area contributed by atoms with E-state index < -0.39 is 11.8 Å². The predicted molar refractivity (Wildman–Crippen MR) is 70.8 cm³/mol. The normalized spacial score (nSPS) is 23.2. The minimum atomic E-state index is -0.528. The van der Waals surface area contributed by atoms with Crippen molar-refractivity contribution in [2.45, 2.75) is 25.3 Å². The number of aliphatic hydroxyl groups is 1. The molecule has 6 nitrogen and oxygen atoms in total. The zero-order chi connectivity index (χ0) is 14.0. The predicted octanol–water partition coefficient (Wildman–Crippen LogP) is 0.678. The van der Waals surface area contributed by atoms with Crippen molar-refractivity contribution in [3.63, 3.8) is 0 Å². The molecule has 2 rings (SSSR count). The smallest absolute Gasteiger partial charge is 0.289 e. The first kappa shape index (κ1) is 14.2. The van der Waals surface area contributed by atoms with Crippen molar-refractivity contribution >= 4 is 23.6 Å². The standard InChI is InChI=1S/C12H18N2O4S/c1-19-6-8-10(7-2-3-7)14(12(17)11(8)16)5-4-9(15)13-18/h7,10,16,18H,2-6H2,1H3,(H,13,15). The molecule has 1 fully saturated rings. The van der Waals surface area contributed by atoms with Crippen molar-refractivity contribution in [2.75, 3.05) is 18.6 Å². The lowest BCUT2D eigenvalue weighted by Gasteiger charge is -2.26. The van der Waals surface area contributed by atoms with Gasteiger partial charge in [0.2, 0.25) is 5.91 Å². The lowest BCUT2D eigenvalue weighted by molar-refractivity contribution is -0.132. The van der Waals surface area contributed by atoms with Gasteiger partial charge in [0.25, 0.3) is 5.91 Å². The molecule has 0 spiro atoms. The number of amides is 2. The van der Waals surface area contributed by atoms with E-state index in [0.29, 0.717) is 11.7 Å². The molecular formula is C12H18N2O4S. The topological polar surface area (TPSA) is 89.9 Å². The summed E-state index contributed by atoms with van der Waals surface area (Å²) in [6, 6.07) is -0.0774. The van der Waals surface area contributed by atoms with Crippen molar-refractivity contribution < 1.29 is 19.9 Å². The Morgan fingerprint density at radius 3 is 2.74 bits per heavy atom. The molecule has 106 valence electrons. The first-order valence-electron chi connectivity index (χ1n) is 6.25. The molecule has 1 aliphatic carbocycles. The summed E-state index contributed by atoms with van der Waals surface area (Å²) in [4.78, 5) is 24.7. The molecule has 1 heterocycles. The number of nitrogens with one attached hydrogen (secondary N) is 1. The van der Waals surface area contributed by atoms with Crippen LogP contribution in [0.5, 0.6) is 0 Å². The molecule has 0 saturated heterocycles. The van der Waals surface area contributed by atoms with Crippen LogP contribution < -0.4 is 5.48 Å². The number of hydroxylamine groups is 1. The van der Waals surface area contributed by atoms with Crippen LogP contribution in [0, 0.1) is 5.92 Å². The summed E-state index contributed by atoms with van der Waals surface area (Å²) >= 11 is 1.57. The lowest BCUT2D eigenvalue weighted by Crippen LogP contribution is -2.40. The molecule has 0 bridgehead atoms. The Morgan fingerprint density at radius 1 is 1.53 bits per heavy atom. The summed E-state index contributed by atoms with van der Waals surface area (Å²) in [6.07, 6.45) is 4.06. The van der Waals surface area contributed by atoms with Crippen molar-refractivity contribution in [1.29, 1.82) is 0 Å². The van der Waals surface area contributed by atoms with Gasteiger partial charge in [-0.25, -0.2) is 5.48 Å².